The first-order chi connectivity index (χ1) is 15.7. The van der Waals surface area contributed by atoms with E-state index < -0.39 is 10.0 Å². The molecule has 0 amide bonds. The van der Waals surface area contributed by atoms with E-state index in [0.29, 0.717) is 29.2 Å². The van der Waals surface area contributed by atoms with Crippen LogP contribution in [0.25, 0.3) is 22.5 Å². The van der Waals surface area contributed by atoms with Crippen LogP contribution in [0.3, 0.4) is 0 Å². The zero-order chi connectivity index (χ0) is 23.8. The van der Waals surface area contributed by atoms with Crippen LogP contribution >= 0.6 is 12.4 Å². The molecule has 3 heterocycles. The molecule has 0 aliphatic carbocycles. The molecule has 2 atom stereocenters. The summed E-state index contributed by atoms with van der Waals surface area (Å²) in [6.07, 6.45) is 6.17. The molecular weight excluding hydrogens is 474 g/mol. The summed E-state index contributed by atoms with van der Waals surface area (Å²) in [5, 5.41) is 7.76. The third-order valence-electron chi connectivity index (χ3n) is 6.20. The minimum absolute atomic E-state index is 0. The van der Waals surface area contributed by atoms with Crippen LogP contribution < -0.4 is 15.8 Å². The van der Waals surface area contributed by atoms with Gasteiger partial charge in [0.05, 0.1) is 22.5 Å². The summed E-state index contributed by atoms with van der Waals surface area (Å²) in [4.78, 5) is 9.28. The second-order valence-corrected chi connectivity index (χ2v) is 10.3. The van der Waals surface area contributed by atoms with Gasteiger partial charge in [0.25, 0.3) is 0 Å². The van der Waals surface area contributed by atoms with E-state index in [1.54, 1.807) is 29.1 Å². The van der Waals surface area contributed by atoms with Crippen LogP contribution in [0, 0.1) is 13.8 Å². The maximum Gasteiger partial charge on any atom is 0.240 e. The van der Waals surface area contributed by atoms with Crippen molar-refractivity contribution in [2.24, 2.45) is 7.05 Å². The van der Waals surface area contributed by atoms with Crippen molar-refractivity contribution >= 4 is 28.2 Å². The largest absolute Gasteiger partial charge is 0.382 e. The van der Waals surface area contributed by atoms with Gasteiger partial charge in [0.1, 0.15) is 11.5 Å². The molecule has 184 valence electrons. The predicted octanol–water partition coefficient (Wildman–Crippen LogP) is 2.97. The van der Waals surface area contributed by atoms with E-state index in [1.807, 2.05) is 34.0 Å². The summed E-state index contributed by atoms with van der Waals surface area (Å²) >= 11 is 0. The molecule has 1 unspecified atom stereocenters. The van der Waals surface area contributed by atoms with Gasteiger partial charge in [-0.25, -0.2) is 23.1 Å². The summed E-state index contributed by atoms with van der Waals surface area (Å²) in [5.41, 5.74) is 10.4. The third kappa shape index (κ3) is 5.25. The first-order valence-corrected chi connectivity index (χ1v) is 12.7. The van der Waals surface area contributed by atoms with Gasteiger partial charge >= 0.3 is 0 Å². The van der Waals surface area contributed by atoms with Crippen LogP contribution in [-0.2, 0) is 17.1 Å². The van der Waals surface area contributed by atoms with Gasteiger partial charge in [0.2, 0.25) is 10.0 Å². The maximum absolute atomic E-state index is 13.2. The van der Waals surface area contributed by atoms with Crippen LogP contribution in [0.1, 0.15) is 37.4 Å². The van der Waals surface area contributed by atoms with E-state index in [2.05, 4.69) is 20.1 Å². The van der Waals surface area contributed by atoms with Crippen LogP contribution in [0.15, 0.2) is 35.5 Å². The lowest BCUT2D eigenvalue weighted by Crippen LogP contribution is -2.46. The minimum Gasteiger partial charge on any atom is -0.382 e. The molecule has 1 saturated heterocycles. The van der Waals surface area contributed by atoms with E-state index in [4.69, 9.17) is 10.7 Å². The van der Waals surface area contributed by atoms with Gasteiger partial charge in [0, 0.05) is 36.5 Å². The Balaban J connectivity index is 0.00000324. The van der Waals surface area contributed by atoms with Crippen molar-refractivity contribution in [1.29, 1.82) is 0 Å². The molecule has 0 radical (unpaired) electrons. The van der Waals surface area contributed by atoms with Crippen molar-refractivity contribution in [2.45, 2.75) is 57.0 Å². The van der Waals surface area contributed by atoms with Crippen molar-refractivity contribution in [2.75, 3.05) is 12.3 Å². The van der Waals surface area contributed by atoms with Crippen LogP contribution in [0.5, 0.6) is 0 Å². The number of nitrogens with one attached hydrogen (secondary N) is 2. The molecule has 1 aliphatic heterocycles. The van der Waals surface area contributed by atoms with Gasteiger partial charge in [0.15, 0.2) is 0 Å². The van der Waals surface area contributed by atoms with Gasteiger partial charge in [-0.3, -0.25) is 4.68 Å². The molecule has 1 aromatic carbocycles. The number of sulfonamides is 1. The Morgan fingerprint density at radius 1 is 1.29 bits per heavy atom. The lowest BCUT2D eigenvalue weighted by atomic mass is 10.1. The standard InChI is InChI=1S/C23H31N7O2S.ClH/c1-5-19(20-7-6-10-25-20)29-33(31,32)16-9-8-14(2)17(11-16)21-12-26-23(24)22(27-21)18-13-30(4)28-15(18)3;/h8-9,11-13,19-20,25,29H,5-7,10H2,1-4H3,(H2,24,26);1H/t19-,20?;/m1./s1. The Morgan fingerprint density at radius 3 is 2.68 bits per heavy atom. The number of halogens is 1. The first-order valence-electron chi connectivity index (χ1n) is 11.2. The smallest absolute Gasteiger partial charge is 0.240 e. The molecule has 3 aromatic rings. The molecule has 1 aliphatic rings. The van der Waals surface area contributed by atoms with Gasteiger partial charge in [-0.1, -0.05) is 13.0 Å². The highest BCUT2D eigenvalue weighted by atomic mass is 35.5. The predicted molar refractivity (Wildman–Crippen MR) is 136 cm³/mol. The number of nitrogen functional groups attached to an aromatic ring is 1. The van der Waals surface area contributed by atoms with Gasteiger partial charge in [-0.15, -0.1) is 12.4 Å². The number of nitrogens with two attached hydrogens (primary N) is 1. The fourth-order valence-corrected chi connectivity index (χ4v) is 5.76. The van der Waals surface area contributed by atoms with E-state index in [9.17, 15) is 8.42 Å². The van der Waals surface area contributed by atoms with Crippen molar-refractivity contribution in [3.8, 4) is 22.5 Å². The Morgan fingerprint density at radius 2 is 2.06 bits per heavy atom. The number of benzene rings is 1. The Kier molecular flexibility index (Phi) is 7.97. The molecule has 2 aromatic heterocycles. The number of aromatic nitrogens is 4. The molecule has 34 heavy (non-hydrogen) atoms. The maximum atomic E-state index is 13.2. The molecule has 0 saturated carbocycles. The number of rotatable bonds is 7. The second kappa shape index (κ2) is 10.4. The quantitative estimate of drug-likeness (QED) is 0.450. The number of hydrogen-bond donors (Lipinski definition) is 3. The van der Waals surface area contributed by atoms with E-state index >= 15 is 0 Å². The van der Waals surface area contributed by atoms with Crippen molar-refractivity contribution in [1.82, 2.24) is 29.8 Å². The molecule has 0 bridgehead atoms. The second-order valence-electron chi connectivity index (χ2n) is 8.61. The molecule has 1 fully saturated rings. The monoisotopic (exact) mass is 505 g/mol. The van der Waals surface area contributed by atoms with Crippen LogP contribution in [-0.4, -0.2) is 46.8 Å². The van der Waals surface area contributed by atoms with Crippen LogP contribution in [0.2, 0.25) is 0 Å². The zero-order valence-electron chi connectivity index (χ0n) is 19.9. The average molecular weight is 506 g/mol. The van der Waals surface area contributed by atoms with E-state index in [-0.39, 0.29) is 29.4 Å². The third-order valence-corrected chi connectivity index (χ3v) is 7.68. The molecule has 4 N–H and O–H groups in total. The van der Waals surface area contributed by atoms with Crippen molar-refractivity contribution < 1.29 is 8.42 Å². The minimum atomic E-state index is -3.71. The van der Waals surface area contributed by atoms with E-state index in [0.717, 1.165) is 36.2 Å². The summed E-state index contributed by atoms with van der Waals surface area (Å²) < 4.78 is 31.1. The SMILES string of the molecule is CC[C@@H](NS(=O)(=O)c1ccc(C)c(-c2cnc(N)c(-c3cn(C)nc3C)n2)c1)C1CCCN1.Cl. The lowest BCUT2D eigenvalue weighted by molar-refractivity contribution is 0.435. The highest BCUT2D eigenvalue weighted by Crippen LogP contribution is 2.30. The summed E-state index contributed by atoms with van der Waals surface area (Å²) in [7, 11) is -1.87. The molecule has 11 heteroatoms. The summed E-state index contributed by atoms with van der Waals surface area (Å²) in [6, 6.07) is 5.09. The molecule has 0 spiro atoms. The van der Waals surface area contributed by atoms with Crippen molar-refractivity contribution in [3.05, 3.63) is 41.9 Å². The van der Waals surface area contributed by atoms with Crippen molar-refractivity contribution in [3.63, 3.8) is 0 Å². The van der Waals surface area contributed by atoms with Crippen LogP contribution in [0.4, 0.5) is 5.82 Å². The number of anilines is 1. The van der Waals surface area contributed by atoms with Gasteiger partial charge in [-0.05, 0) is 57.4 Å². The Hall–Kier alpha value is -2.53. The molecular formula is C23H32ClN7O2S. The Bertz CT molecular complexity index is 1270. The number of aryl methyl sites for hydroxylation is 3. The fraction of sp³-hybridized carbons (Fsp3) is 0.435. The zero-order valence-corrected chi connectivity index (χ0v) is 21.5. The summed E-state index contributed by atoms with van der Waals surface area (Å²) in [5.74, 6) is 0.299. The number of nitrogens with zero attached hydrogens (tertiary/aromatic N) is 4. The topological polar surface area (TPSA) is 128 Å². The highest BCUT2D eigenvalue weighted by molar-refractivity contribution is 7.89. The molecule has 9 nitrogen and oxygen atoms in total. The number of hydrogen-bond acceptors (Lipinski definition) is 7. The summed E-state index contributed by atoms with van der Waals surface area (Å²) in [6.45, 7) is 6.73. The van der Waals surface area contributed by atoms with E-state index in [1.165, 1.54) is 0 Å². The van der Waals surface area contributed by atoms with Gasteiger partial charge < -0.3 is 11.1 Å². The lowest BCUT2D eigenvalue weighted by Gasteiger charge is -2.23. The molecule has 4 rings (SSSR count). The first kappa shape index (κ1) is 26.1. The highest BCUT2D eigenvalue weighted by Gasteiger charge is 2.28. The fourth-order valence-electron chi connectivity index (χ4n) is 4.37. The normalized spacial score (nSPS) is 16.9. The van der Waals surface area contributed by atoms with Gasteiger partial charge in [-0.2, -0.15) is 5.10 Å². The Labute approximate surface area is 207 Å². The average Bonchev–Trinajstić information content (AvgIpc) is 3.42.